The predicted molar refractivity (Wildman–Crippen MR) is 130 cm³/mol. The molecule has 0 atom stereocenters. The van der Waals surface area contributed by atoms with E-state index in [1.54, 1.807) is 12.1 Å². The number of aliphatic hydroxyl groups excluding tert-OH is 1. The Labute approximate surface area is 196 Å². The Kier molecular flexibility index (Phi) is 5.79. The van der Waals surface area contributed by atoms with Gasteiger partial charge in [-0.25, -0.2) is 4.39 Å². The number of carbonyl (C=O) groups is 2. The number of rotatable bonds is 4. The van der Waals surface area contributed by atoms with E-state index in [1.165, 1.54) is 12.1 Å². The number of carbonyl (C=O) groups excluding carboxylic acids is 2. The highest BCUT2D eigenvalue weighted by Crippen LogP contribution is 2.37. The van der Waals surface area contributed by atoms with E-state index < -0.39 is 5.82 Å². The van der Waals surface area contributed by atoms with Crippen LogP contribution in [0.4, 0.5) is 10.1 Å². The van der Waals surface area contributed by atoms with Gasteiger partial charge in [0.15, 0.2) is 0 Å². The summed E-state index contributed by atoms with van der Waals surface area (Å²) in [5.74, 6) is -0.940. The molecule has 2 heterocycles. The van der Waals surface area contributed by atoms with Crippen molar-refractivity contribution in [3.63, 3.8) is 0 Å². The van der Waals surface area contributed by atoms with E-state index in [2.05, 4.69) is 15.6 Å². The van der Waals surface area contributed by atoms with Crippen LogP contribution in [0.1, 0.15) is 53.0 Å². The fourth-order valence-electron chi connectivity index (χ4n) is 4.87. The Morgan fingerprint density at radius 2 is 1.85 bits per heavy atom. The molecule has 1 aromatic heterocycles. The van der Waals surface area contributed by atoms with Crippen molar-refractivity contribution in [2.45, 2.75) is 44.8 Å². The van der Waals surface area contributed by atoms with Crippen LogP contribution in [0, 0.1) is 12.7 Å². The van der Waals surface area contributed by atoms with E-state index in [1.807, 2.05) is 37.3 Å². The second-order valence-corrected chi connectivity index (χ2v) is 8.96. The summed E-state index contributed by atoms with van der Waals surface area (Å²) in [6, 6.07) is 13.7. The lowest BCUT2D eigenvalue weighted by molar-refractivity contribution is -0.110. The minimum absolute atomic E-state index is 0.00564. The van der Waals surface area contributed by atoms with Gasteiger partial charge in [-0.05, 0) is 62.4 Å². The molecule has 0 radical (unpaired) electrons. The molecular weight excluding hydrogens is 433 g/mol. The second kappa shape index (κ2) is 8.91. The quantitative estimate of drug-likeness (QED) is 0.428. The fourth-order valence-corrected chi connectivity index (χ4v) is 4.87. The maximum Gasteiger partial charge on any atom is 0.256 e. The third-order valence-electron chi connectivity index (χ3n) is 6.59. The van der Waals surface area contributed by atoms with E-state index >= 15 is 0 Å². The van der Waals surface area contributed by atoms with Crippen molar-refractivity contribution in [3.05, 3.63) is 76.9 Å². The zero-order chi connectivity index (χ0) is 23.8. The van der Waals surface area contributed by atoms with Gasteiger partial charge < -0.3 is 20.7 Å². The second-order valence-electron chi connectivity index (χ2n) is 8.96. The largest absolute Gasteiger partial charge is 0.393 e. The van der Waals surface area contributed by atoms with Crippen molar-refractivity contribution in [1.29, 1.82) is 0 Å². The molecule has 2 amide bonds. The summed E-state index contributed by atoms with van der Waals surface area (Å²) in [6.07, 6.45) is 4.19. The number of halogens is 1. The molecule has 5 rings (SSSR count). The van der Waals surface area contributed by atoms with Crippen LogP contribution >= 0.6 is 0 Å². The highest BCUT2D eigenvalue weighted by Gasteiger charge is 2.29. The molecule has 0 bridgehead atoms. The predicted octanol–water partition coefficient (Wildman–Crippen LogP) is 4.66. The molecule has 4 N–H and O–H groups in total. The molecule has 2 aromatic carbocycles. The zero-order valence-electron chi connectivity index (χ0n) is 18.8. The summed E-state index contributed by atoms with van der Waals surface area (Å²) in [5.41, 5.74) is 4.70. The van der Waals surface area contributed by atoms with Gasteiger partial charge in [-0.15, -0.1) is 0 Å². The normalized spacial score (nSPS) is 20.8. The van der Waals surface area contributed by atoms with Crippen molar-refractivity contribution < 1.29 is 19.1 Å². The van der Waals surface area contributed by atoms with Gasteiger partial charge in [0, 0.05) is 34.2 Å². The molecule has 3 aromatic rings. The highest BCUT2D eigenvalue weighted by molar-refractivity contribution is 6.35. The van der Waals surface area contributed by atoms with Gasteiger partial charge in [-0.2, -0.15) is 0 Å². The van der Waals surface area contributed by atoms with Crippen molar-refractivity contribution in [2.75, 3.05) is 5.32 Å². The number of H-pyrrole nitrogens is 1. The van der Waals surface area contributed by atoms with Crippen LogP contribution in [0.25, 0.3) is 22.8 Å². The molecule has 6 nitrogen and oxygen atoms in total. The van der Waals surface area contributed by atoms with Gasteiger partial charge in [-0.1, -0.05) is 30.3 Å². The van der Waals surface area contributed by atoms with Crippen molar-refractivity contribution in [3.8, 4) is 11.1 Å². The van der Waals surface area contributed by atoms with E-state index in [0.29, 0.717) is 52.2 Å². The van der Waals surface area contributed by atoms with Crippen LogP contribution < -0.4 is 10.6 Å². The first-order chi connectivity index (χ1) is 16.4. The minimum Gasteiger partial charge on any atom is -0.393 e. The molecule has 0 spiro atoms. The standard InChI is InChI=1S/C27H26FN3O3/c1-15-24(27(34)30-18-8-10-19(32)11-9-18)25(16-5-3-2-4-6-16)23(29-15)14-21-20-13-17(28)7-12-22(20)31-26(21)33/h2-7,12-14,18-19,29,32H,8-11H2,1H3,(H,30,34)(H,31,33). The average Bonchev–Trinajstić information content (AvgIpc) is 3.32. The van der Waals surface area contributed by atoms with E-state index in [0.717, 1.165) is 18.4 Å². The van der Waals surface area contributed by atoms with Crippen LogP contribution in [0.5, 0.6) is 0 Å². The summed E-state index contributed by atoms with van der Waals surface area (Å²) < 4.78 is 13.9. The number of aryl methyl sites for hydroxylation is 1. The Hall–Kier alpha value is -3.71. The molecule has 1 aliphatic heterocycles. The SMILES string of the molecule is Cc1[nH]c(C=C2C(=O)Nc3ccc(F)cc32)c(-c2ccccc2)c1C(=O)NC1CCC(O)CC1. The first-order valence-electron chi connectivity index (χ1n) is 11.5. The van der Waals surface area contributed by atoms with Gasteiger partial charge in [-0.3, -0.25) is 9.59 Å². The number of aromatic nitrogens is 1. The smallest absolute Gasteiger partial charge is 0.256 e. The summed E-state index contributed by atoms with van der Waals surface area (Å²) in [5, 5.41) is 15.7. The third-order valence-corrected chi connectivity index (χ3v) is 6.59. The Bertz CT molecular complexity index is 1290. The van der Waals surface area contributed by atoms with Crippen molar-refractivity contribution in [2.24, 2.45) is 0 Å². The van der Waals surface area contributed by atoms with E-state index in [-0.39, 0.29) is 24.0 Å². The number of hydrogen-bond acceptors (Lipinski definition) is 3. The first-order valence-corrected chi connectivity index (χ1v) is 11.5. The van der Waals surface area contributed by atoms with Crippen LogP contribution in [-0.4, -0.2) is 34.1 Å². The summed E-state index contributed by atoms with van der Waals surface area (Å²) >= 11 is 0. The lowest BCUT2D eigenvalue weighted by Crippen LogP contribution is -2.38. The Balaban J connectivity index is 1.58. The summed E-state index contributed by atoms with van der Waals surface area (Å²) in [6.45, 7) is 1.83. The first kappa shape index (κ1) is 22.1. The van der Waals surface area contributed by atoms with Gasteiger partial charge in [0.2, 0.25) is 0 Å². The number of nitrogens with one attached hydrogen (secondary N) is 3. The van der Waals surface area contributed by atoms with Crippen LogP contribution in [0.3, 0.4) is 0 Å². The number of aromatic amines is 1. The molecule has 2 aliphatic rings. The van der Waals surface area contributed by atoms with Gasteiger partial charge in [0.25, 0.3) is 11.8 Å². The number of amides is 2. The monoisotopic (exact) mass is 459 g/mol. The Morgan fingerprint density at radius 1 is 1.12 bits per heavy atom. The average molecular weight is 460 g/mol. The van der Waals surface area contributed by atoms with Crippen molar-refractivity contribution >= 4 is 29.2 Å². The number of benzene rings is 2. The topological polar surface area (TPSA) is 94.2 Å². The lowest BCUT2D eigenvalue weighted by atomic mass is 9.92. The molecule has 0 saturated heterocycles. The maximum absolute atomic E-state index is 13.9. The molecule has 1 saturated carbocycles. The zero-order valence-corrected chi connectivity index (χ0v) is 18.8. The van der Waals surface area contributed by atoms with E-state index in [4.69, 9.17) is 0 Å². The number of anilines is 1. The van der Waals surface area contributed by atoms with E-state index in [9.17, 15) is 19.1 Å². The van der Waals surface area contributed by atoms with Crippen LogP contribution in [-0.2, 0) is 4.79 Å². The molecule has 0 unspecified atom stereocenters. The van der Waals surface area contributed by atoms with Gasteiger partial charge in [0.1, 0.15) is 5.82 Å². The van der Waals surface area contributed by atoms with Gasteiger partial charge >= 0.3 is 0 Å². The number of aliphatic hydroxyl groups is 1. The molecule has 34 heavy (non-hydrogen) atoms. The van der Waals surface area contributed by atoms with Crippen LogP contribution in [0.2, 0.25) is 0 Å². The Morgan fingerprint density at radius 3 is 2.59 bits per heavy atom. The number of hydrogen-bond donors (Lipinski definition) is 4. The summed E-state index contributed by atoms with van der Waals surface area (Å²) in [4.78, 5) is 29.4. The lowest BCUT2D eigenvalue weighted by Gasteiger charge is -2.26. The summed E-state index contributed by atoms with van der Waals surface area (Å²) in [7, 11) is 0. The molecule has 7 heteroatoms. The molecular formula is C27H26FN3O3. The third kappa shape index (κ3) is 4.15. The van der Waals surface area contributed by atoms with Crippen LogP contribution in [0.15, 0.2) is 48.5 Å². The van der Waals surface area contributed by atoms with Crippen molar-refractivity contribution in [1.82, 2.24) is 10.3 Å². The minimum atomic E-state index is -0.426. The molecule has 1 fully saturated rings. The maximum atomic E-state index is 13.9. The van der Waals surface area contributed by atoms with Gasteiger partial charge in [0.05, 0.1) is 17.2 Å². The number of fused-ring (bicyclic) bond motifs is 1. The highest BCUT2D eigenvalue weighted by atomic mass is 19.1. The fraction of sp³-hybridized carbons (Fsp3) is 0.259. The molecule has 1 aliphatic carbocycles. The molecule has 174 valence electrons.